The van der Waals surface area contributed by atoms with Crippen LogP contribution in [-0.4, -0.2) is 32.4 Å². The lowest BCUT2D eigenvalue weighted by molar-refractivity contribution is -0.130. The van der Waals surface area contributed by atoms with Crippen LogP contribution in [0.25, 0.3) is 0 Å². The number of aromatic hydroxyl groups is 1. The molecule has 0 radical (unpaired) electrons. The minimum atomic E-state index is -3.98. The number of phenols is 1. The molecule has 0 bridgehead atoms. The molecule has 3 N–H and O–H groups in total. The van der Waals surface area contributed by atoms with Crippen molar-refractivity contribution in [1.82, 2.24) is 0 Å². The third kappa shape index (κ3) is 4.06. The van der Waals surface area contributed by atoms with Crippen LogP contribution in [0.4, 0.5) is 17.1 Å². The summed E-state index contributed by atoms with van der Waals surface area (Å²) >= 11 is 0. The van der Waals surface area contributed by atoms with Gasteiger partial charge in [-0.2, -0.15) is 0 Å². The van der Waals surface area contributed by atoms with E-state index in [2.05, 4.69) is 10.0 Å². The van der Waals surface area contributed by atoms with Crippen LogP contribution in [0.5, 0.6) is 5.75 Å². The highest BCUT2D eigenvalue weighted by atomic mass is 32.2. The second kappa shape index (κ2) is 9.35. The summed E-state index contributed by atoms with van der Waals surface area (Å²) in [5, 5.41) is 13.8. The first-order valence-corrected chi connectivity index (χ1v) is 13.3. The first-order valence-electron chi connectivity index (χ1n) is 11.8. The number of sulfonamides is 1. The number of phenolic OH excluding ortho intramolecular Hbond substituents is 1. The highest BCUT2D eigenvalue weighted by molar-refractivity contribution is 7.92. The average Bonchev–Trinajstić information content (AvgIpc) is 3.13. The van der Waals surface area contributed by atoms with E-state index in [0.29, 0.717) is 16.9 Å². The molecule has 0 fully saturated rings. The van der Waals surface area contributed by atoms with Crippen LogP contribution in [0.15, 0.2) is 102 Å². The molecule has 0 aliphatic carbocycles. The Bertz CT molecular complexity index is 1650. The molecule has 8 nitrogen and oxygen atoms in total. The van der Waals surface area contributed by atoms with E-state index < -0.39 is 27.3 Å². The molecule has 1 aliphatic rings. The summed E-state index contributed by atoms with van der Waals surface area (Å²) < 4.78 is 28.6. The van der Waals surface area contributed by atoms with Crippen LogP contribution in [0, 0.1) is 6.92 Å². The number of para-hydroxylation sites is 2. The number of nitrogens with zero attached hydrogens (tertiary/aromatic N) is 1. The second-order valence-electron chi connectivity index (χ2n) is 9.10. The molecule has 1 aliphatic heterocycles. The van der Waals surface area contributed by atoms with Gasteiger partial charge in [-0.1, -0.05) is 54.1 Å². The minimum Gasteiger partial charge on any atom is -0.508 e. The molecule has 4 aromatic rings. The zero-order valence-corrected chi connectivity index (χ0v) is 21.5. The SMILES string of the molecule is Cc1ccc(S(=O)(=O)Nc2ccc(O)c(C3(C(=O)Nc4ccccc4)C(=O)N(C)c4ccccc43)c2)cc1. The molecule has 0 saturated carbocycles. The maximum atomic E-state index is 14.0. The Hall–Kier alpha value is -4.63. The van der Waals surface area contributed by atoms with Crippen molar-refractivity contribution >= 4 is 38.9 Å². The van der Waals surface area contributed by atoms with E-state index in [4.69, 9.17) is 0 Å². The number of nitrogens with one attached hydrogen (secondary N) is 2. The van der Waals surface area contributed by atoms with Crippen molar-refractivity contribution in [3.05, 3.63) is 114 Å². The Morgan fingerprint density at radius 2 is 1.50 bits per heavy atom. The van der Waals surface area contributed by atoms with Crippen molar-refractivity contribution in [3.8, 4) is 5.75 Å². The standard InChI is InChI=1S/C29H25N3O5S/c1-19-12-15-22(16-13-19)38(36,37)31-21-14-17-26(33)24(18-21)29(27(34)30-20-8-4-3-5-9-20)23-10-6-7-11-25(23)32(2)28(29)35/h3-18,31,33H,1-2H3,(H,30,34). The number of likely N-dealkylation sites (N-methyl/N-ethyl adjacent to an activating group) is 1. The molecular formula is C29H25N3O5S. The van der Waals surface area contributed by atoms with Gasteiger partial charge in [0.2, 0.25) is 5.91 Å². The van der Waals surface area contributed by atoms with Crippen molar-refractivity contribution in [1.29, 1.82) is 0 Å². The number of aryl methyl sites for hydroxylation is 1. The fourth-order valence-electron chi connectivity index (χ4n) is 4.74. The fourth-order valence-corrected chi connectivity index (χ4v) is 5.79. The molecule has 1 atom stereocenters. The van der Waals surface area contributed by atoms with Gasteiger partial charge < -0.3 is 15.3 Å². The molecule has 0 saturated heterocycles. The molecule has 1 unspecified atom stereocenters. The maximum Gasteiger partial charge on any atom is 0.261 e. The van der Waals surface area contributed by atoms with Gasteiger partial charge in [-0.25, -0.2) is 8.42 Å². The zero-order chi connectivity index (χ0) is 27.1. The number of anilines is 3. The number of carbonyl (C=O) groups is 2. The summed E-state index contributed by atoms with van der Waals surface area (Å²) in [6.07, 6.45) is 0. The van der Waals surface area contributed by atoms with Gasteiger partial charge in [0.25, 0.3) is 15.9 Å². The lowest BCUT2D eigenvalue weighted by Crippen LogP contribution is -2.49. The summed E-state index contributed by atoms with van der Waals surface area (Å²) in [5.41, 5.74) is 0.316. The highest BCUT2D eigenvalue weighted by Gasteiger charge is 2.58. The largest absolute Gasteiger partial charge is 0.508 e. The normalized spacial score (nSPS) is 16.7. The molecule has 1 heterocycles. The molecule has 192 valence electrons. The van der Waals surface area contributed by atoms with Gasteiger partial charge in [0.15, 0.2) is 5.41 Å². The van der Waals surface area contributed by atoms with E-state index >= 15 is 0 Å². The van der Waals surface area contributed by atoms with E-state index in [1.165, 1.54) is 35.2 Å². The maximum absolute atomic E-state index is 14.0. The summed E-state index contributed by atoms with van der Waals surface area (Å²) in [4.78, 5) is 29.4. The fraction of sp³-hybridized carbons (Fsp3) is 0.103. The van der Waals surface area contributed by atoms with Gasteiger partial charge >= 0.3 is 0 Å². The number of carbonyl (C=O) groups excluding carboxylic acids is 2. The van der Waals surface area contributed by atoms with Crippen molar-refractivity contribution in [2.75, 3.05) is 22.0 Å². The summed E-state index contributed by atoms with van der Waals surface area (Å²) in [5.74, 6) is -1.59. The molecule has 2 amide bonds. The topological polar surface area (TPSA) is 116 Å². The highest BCUT2D eigenvalue weighted by Crippen LogP contribution is 2.49. The first kappa shape index (κ1) is 25.0. The van der Waals surface area contributed by atoms with Crippen LogP contribution in [0.2, 0.25) is 0 Å². The summed E-state index contributed by atoms with van der Waals surface area (Å²) in [6, 6.07) is 25.8. The van der Waals surface area contributed by atoms with E-state index in [0.717, 1.165) is 5.56 Å². The molecule has 0 aromatic heterocycles. The van der Waals surface area contributed by atoms with Gasteiger partial charge in [-0.3, -0.25) is 14.3 Å². The first-order chi connectivity index (χ1) is 18.1. The second-order valence-corrected chi connectivity index (χ2v) is 10.8. The van der Waals surface area contributed by atoms with Crippen LogP contribution < -0.4 is 14.9 Å². The Kier molecular flexibility index (Phi) is 6.16. The van der Waals surface area contributed by atoms with Crippen LogP contribution in [-0.2, 0) is 25.0 Å². The van der Waals surface area contributed by atoms with Gasteiger partial charge in [0, 0.05) is 35.2 Å². The van der Waals surface area contributed by atoms with Gasteiger partial charge in [-0.15, -0.1) is 0 Å². The van der Waals surface area contributed by atoms with Crippen LogP contribution in [0.1, 0.15) is 16.7 Å². The van der Waals surface area contributed by atoms with Crippen molar-refractivity contribution in [2.45, 2.75) is 17.2 Å². The van der Waals surface area contributed by atoms with Gasteiger partial charge in [-0.05, 0) is 55.5 Å². The molecule has 9 heteroatoms. The number of hydrogen-bond acceptors (Lipinski definition) is 5. The summed E-state index contributed by atoms with van der Waals surface area (Å²) in [7, 11) is -2.43. The lowest BCUT2D eigenvalue weighted by atomic mass is 9.73. The number of benzene rings is 4. The average molecular weight is 528 g/mol. The van der Waals surface area contributed by atoms with E-state index in [1.807, 2.05) is 6.92 Å². The Morgan fingerprint density at radius 1 is 0.842 bits per heavy atom. The molecule has 0 spiro atoms. The monoisotopic (exact) mass is 527 g/mol. The van der Waals surface area contributed by atoms with E-state index in [1.54, 1.807) is 73.8 Å². The van der Waals surface area contributed by atoms with E-state index in [-0.39, 0.29) is 21.9 Å². The van der Waals surface area contributed by atoms with Crippen LogP contribution >= 0.6 is 0 Å². The lowest BCUT2D eigenvalue weighted by Gasteiger charge is -2.29. The number of rotatable bonds is 6. The van der Waals surface area contributed by atoms with Gasteiger partial charge in [0.05, 0.1) is 4.90 Å². The molecule has 4 aromatic carbocycles. The number of amides is 2. The third-order valence-corrected chi connectivity index (χ3v) is 8.05. The Morgan fingerprint density at radius 3 is 2.21 bits per heavy atom. The number of fused-ring (bicyclic) bond motifs is 1. The molecule has 5 rings (SSSR count). The summed E-state index contributed by atoms with van der Waals surface area (Å²) in [6.45, 7) is 1.85. The van der Waals surface area contributed by atoms with Gasteiger partial charge in [0.1, 0.15) is 5.75 Å². The smallest absolute Gasteiger partial charge is 0.261 e. The van der Waals surface area contributed by atoms with Crippen LogP contribution in [0.3, 0.4) is 0 Å². The quantitative estimate of drug-likeness (QED) is 0.254. The van der Waals surface area contributed by atoms with Crippen molar-refractivity contribution in [2.24, 2.45) is 0 Å². The minimum absolute atomic E-state index is 0.0446. The zero-order valence-electron chi connectivity index (χ0n) is 20.7. The Labute approximate surface area is 220 Å². The molecular weight excluding hydrogens is 502 g/mol. The number of hydrogen-bond donors (Lipinski definition) is 3. The predicted molar refractivity (Wildman–Crippen MR) is 146 cm³/mol. The predicted octanol–water partition coefficient (Wildman–Crippen LogP) is 4.40. The third-order valence-electron chi connectivity index (χ3n) is 6.65. The van der Waals surface area contributed by atoms with Crippen molar-refractivity contribution < 1.29 is 23.1 Å². The van der Waals surface area contributed by atoms with Crippen molar-refractivity contribution in [3.63, 3.8) is 0 Å². The Balaban J connectivity index is 1.66. The molecule has 38 heavy (non-hydrogen) atoms. The van der Waals surface area contributed by atoms with E-state index in [9.17, 15) is 23.1 Å².